The van der Waals surface area contributed by atoms with Crippen LogP contribution in [0.2, 0.25) is 0 Å². The second-order valence-electron chi connectivity index (χ2n) is 7.34. The SMILES string of the molecule is Cc1cnn2c(N(O)C(O)Cc3c[nH]c4ccccc34)cc(-c3cncc(F)c3)nc12. The van der Waals surface area contributed by atoms with Gasteiger partial charge in [-0.05, 0) is 24.6 Å². The molecule has 0 bridgehead atoms. The Labute approximate surface area is 176 Å². The van der Waals surface area contributed by atoms with Gasteiger partial charge in [-0.1, -0.05) is 18.2 Å². The number of H-pyrrole nitrogens is 1. The fourth-order valence-electron chi connectivity index (χ4n) is 3.66. The molecule has 5 aromatic rings. The first kappa shape index (κ1) is 19.2. The Hall–Kier alpha value is -3.82. The molecule has 0 radical (unpaired) electrons. The maximum Gasteiger partial charge on any atom is 0.161 e. The van der Waals surface area contributed by atoms with Crippen molar-refractivity contribution in [2.45, 2.75) is 19.6 Å². The van der Waals surface area contributed by atoms with E-state index in [2.05, 4.69) is 20.1 Å². The zero-order chi connectivity index (χ0) is 21.5. The van der Waals surface area contributed by atoms with Gasteiger partial charge in [0.2, 0.25) is 0 Å². The number of aliphatic hydroxyl groups is 1. The summed E-state index contributed by atoms with van der Waals surface area (Å²) < 4.78 is 15.1. The molecule has 0 aliphatic carbocycles. The molecular formula is C22H19FN6O2. The number of hydrogen-bond acceptors (Lipinski definition) is 6. The van der Waals surface area contributed by atoms with Gasteiger partial charge in [-0.15, -0.1) is 0 Å². The van der Waals surface area contributed by atoms with Crippen molar-refractivity contribution in [2.75, 3.05) is 5.06 Å². The van der Waals surface area contributed by atoms with E-state index >= 15 is 0 Å². The predicted octanol–water partition coefficient (Wildman–Crippen LogP) is 3.48. The number of nitrogens with zero attached hydrogens (tertiary/aromatic N) is 5. The number of pyridine rings is 1. The van der Waals surface area contributed by atoms with E-state index in [4.69, 9.17) is 0 Å². The van der Waals surface area contributed by atoms with Crippen LogP contribution in [0.1, 0.15) is 11.1 Å². The summed E-state index contributed by atoms with van der Waals surface area (Å²) in [7, 11) is 0. The highest BCUT2D eigenvalue weighted by Gasteiger charge is 2.22. The van der Waals surface area contributed by atoms with E-state index in [1.165, 1.54) is 22.8 Å². The number of benzene rings is 1. The number of fused-ring (bicyclic) bond motifs is 2. The van der Waals surface area contributed by atoms with Gasteiger partial charge in [0.15, 0.2) is 17.7 Å². The smallest absolute Gasteiger partial charge is 0.161 e. The third kappa shape index (κ3) is 3.39. The zero-order valence-electron chi connectivity index (χ0n) is 16.6. The molecule has 9 heteroatoms. The number of hydroxylamine groups is 1. The minimum Gasteiger partial charge on any atom is -0.371 e. The van der Waals surface area contributed by atoms with Gasteiger partial charge in [-0.3, -0.25) is 10.2 Å². The summed E-state index contributed by atoms with van der Waals surface area (Å²) in [6.07, 6.45) is 4.93. The molecule has 0 spiro atoms. The number of nitrogens with one attached hydrogen (secondary N) is 1. The highest BCUT2D eigenvalue weighted by molar-refractivity contribution is 5.83. The van der Waals surface area contributed by atoms with Crippen LogP contribution in [0.5, 0.6) is 0 Å². The van der Waals surface area contributed by atoms with Gasteiger partial charge in [0, 0.05) is 46.9 Å². The van der Waals surface area contributed by atoms with Gasteiger partial charge in [0.25, 0.3) is 0 Å². The molecule has 5 rings (SSSR count). The summed E-state index contributed by atoms with van der Waals surface area (Å²) in [4.78, 5) is 11.6. The summed E-state index contributed by atoms with van der Waals surface area (Å²) in [6.45, 7) is 1.83. The van der Waals surface area contributed by atoms with Crippen LogP contribution in [0.25, 0.3) is 27.8 Å². The predicted molar refractivity (Wildman–Crippen MR) is 113 cm³/mol. The molecule has 1 aromatic carbocycles. The van der Waals surface area contributed by atoms with E-state index in [0.29, 0.717) is 16.9 Å². The standard InChI is InChI=1S/C22H19FN6O2/c1-13-9-26-28-20(8-19(27-22(13)28)15-6-16(23)12-24-10-15)29(31)21(30)7-14-11-25-18-5-3-2-4-17(14)18/h2-6,8-12,21,25,30-31H,7H2,1H3. The summed E-state index contributed by atoms with van der Waals surface area (Å²) in [5.41, 5.74) is 3.91. The van der Waals surface area contributed by atoms with Gasteiger partial charge in [-0.25, -0.2) is 14.4 Å². The molecule has 0 amide bonds. The number of aromatic amines is 1. The van der Waals surface area contributed by atoms with Crippen molar-refractivity contribution in [2.24, 2.45) is 0 Å². The Morgan fingerprint density at radius 2 is 2.03 bits per heavy atom. The monoisotopic (exact) mass is 418 g/mol. The first-order valence-electron chi connectivity index (χ1n) is 9.69. The molecular weight excluding hydrogens is 399 g/mol. The number of hydrogen-bond donors (Lipinski definition) is 3. The molecule has 1 atom stereocenters. The van der Waals surface area contributed by atoms with Crippen molar-refractivity contribution in [3.8, 4) is 11.3 Å². The summed E-state index contributed by atoms with van der Waals surface area (Å²) in [5, 5.41) is 27.7. The molecule has 8 nitrogen and oxygen atoms in total. The van der Waals surface area contributed by atoms with Gasteiger partial charge >= 0.3 is 0 Å². The topological polar surface area (TPSA) is 103 Å². The normalized spacial score (nSPS) is 12.5. The Bertz CT molecular complexity index is 1400. The molecule has 0 aliphatic heterocycles. The van der Waals surface area contributed by atoms with Crippen LogP contribution in [-0.2, 0) is 6.42 Å². The summed E-state index contributed by atoms with van der Waals surface area (Å²) in [5.74, 6) is -0.295. The molecule has 4 aromatic heterocycles. The third-order valence-corrected chi connectivity index (χ3v) is 5.22. The molecule has 0 saturated carbocycles. The average Bonchev–Trinajstić information content (AvgIpc) is 3.36. The Morgan fingerprint density at radius 1 is 1.19 bits per heavy atom. The van der Waals surface area contributed by atoms with Crippen LogP contribution in [0, 0.1) is 12.7 Å². The van der Waals surface area contributed by atoms with Crippen molar-refractivity contribution in [3.05, 3.63) is 78.1 Å². The number of aliphatic hydroxyl groups excluding tert-OH is 1. The van der Waals surface area contributed by atoms with Gasteiger partial charge in [0.05, 0.1) is 18.1 Å². The first-order chi connectivity index (χ1) is 15.0. The molecule has 4 heterocycles. The highest BCUT2D eigenvalue weighted by Crippen LogP contribution is 2.27. The van der Waals surface area contributed by atoms with Crippen LogP contribution in [-0.4, -0.2) is 41.1 Å². The minimum absolute atomic E-state index is 0.168. The van der Waals surface area contributed by atoms with Crippen molar-refractivity contribution in [1.29, 1.82) is 0 Å². The lowest BCUT2D eigenvalue weighted by atomic mass is 10.1. The molecule has 31 heavy (non-hydrogen) atoms. The summed E-state index contributed by atoms with van der Waals surface area (Å²) >= 11 is 0. The van der Waals surface area contributed by atoms with Crippen LogP contribution in [0.15, 0.2) is 61.2 Å². The highest BCUT2D eigenvalue weighted by atomic mass is 19.1. The van der Waals surface area contributed by atoms with E-state index in [0.717, 1.165) is 33.3 Å². The van der Waals surface area contributed by atoms with Crippen LogP contribution in [0.3, 0.4) is 0 Å². The second-order valence-corrected chi connectivity index (χ2v) is 7.34. The van der Waals surface area contributed by atoms with Gasteiger partial charge in [-0.2, -0.15) is 9.61 Å². The van der Waals surface area contributed by atoms with Crippen LogP contribution in [0.4, 0.5) is 10.2 Å². The number of halogens is 1. The van der Waals surface area contributed by atoms with E-state index in [9.17, 15) is 14.7 Å². The van der Waals surface area contributed by atoms with E-state index < -0.39 is 12.0 Å². The lowest BCUT2D eigenvalue weighted by molar-refractivity contribution is 0.0643. The molecule has 3 N–H and O–H groups in total. The fourth-order valence-corrected chi connectivity index (χ4v) is 3.66. The number of anilines is 1. The lowest BCUT2D eigenvalue weighted by Crippen LogP contribution is -2.35. The van der Waals surface area contributed by atoms with E-state index in [1.807, 2.05) is 37.4 Å². The molecule has 0 saturated heterocycles. The van der Waals surface area contributed by atoms with Gasteiger partial charge in [0.1, 0.15) is 5.82 Å². The maximum absolute atomic E-state index is 13.7. The van der Waals surface area contributed by atoms with E-state index in [-0.39, 0.29) is 12.2 Å². The number of aryl methyl sites for hydroxylation is 1. The lowest BCUT2D eigenvalue weighted by Gasteiger charge is -2.24. The first-order valence-corrected chi connectivity index (χ1v) is 9.69. The van der Waals surface area contributed by atoms with Gasteiger partial charge < -0.3 is 10.1 Å². The van der Waals surface area contributed by atoms with Crippen molar-refractivity contribution in [3.63, 3.8) is 0 Å². The van der Waals surface area contributed by atoms with E-state index in [1.54, 1.807) is 6.20 Å². The zero-order valence-corrected chi connectivity index (χ0v) is 16.6. The largest absolute Gasteiger partial charge is 0.371 e. The Morgan fingerprint density at radius 3 is 2.87 bits per heavy atom. The number of para-hydroxylation sites is 1. The minimum atomic E-state index is -1.26. The van der Waals surface area contributed by atoms with Crippen molar-refractivity contribution >= 4 is 22.4 Å². The average molecular weight is 418 g/mol. The quantitative estimate of drug-likeness (QED) is 0.298. The molecule has 156 valence electrons. The molecule has 0 fully saturated rings. The molecule has 1 unspecified atom stereocenters. The fraction of sp³-hybridized carbons (Fsp3) is 0.136. The maximum atomic E-state index is 13.7. The second kappa shape index (κ2) is 7.46. The molecule has 0 aliphatic rings. The Balaban J connectivity index is 1.55. The van der Waals surface area contributed by atoms with Crippen LogP contribution >= 0.6 is 0 Å². The third-order valence-electron chi connectivity index (χ3n) is 5.22. The number of rotatable bonds is 5. The number of aromatic nitrogens is 5. The van der Waals surface area contributed by atoms with Crippen LogP contribution < -0.4 is 5.06 Å². The van der Waals surface area contributed by atoms with Crippen molar-refractivity contribution < 1.29 is 14.7 Å². The summed E-state index contributed by atoms with van der Waals surface area (Å²) in [6, 6.07) is 10.6. The van der Waals surface area contributed by atoms with Crippen molar-refractivity contribution in [1.82, 2.24) is 24.6 Å². The Kier molecular flexibility index (Phi) is 4.61.